The van der Waals surface area contributed by atoms with Crippen molar-refractivity contribution in [2.24, 2.45) is 11.8 Å². The van der Waals surface area contributed by atoms with Crippen LogP contribution in [0.4, 0.5) is 0 Å². The highest BCUT2D eigenvalue weighted by molar-refractivity contribution is 4.85. The molecule has 1 aliphatic carbocycles. The van der Waals surface area contributed by atoms with Gasteiger partial charge in [-0.2, -0.15) is 0 Å². The number of nitrogens with one attached hydrogen (secondary N) is 1. The van der Waals surface area contributed by atoms with Crippen molar-refractivity contribution in [1.29, 1.82) is 0 Å². The fraction of sp³-hybridized carbons (Fsp3) is 1.00. The maximum Gasteiger partial charge on any atom is 0.0474 e. The van der Waals surface area contributed by atoms with Gasteiger partial charge in [0.25, 0.3) is 0 Å². The van der Waals surface area contributed by atoms with Gasteiger partial charge in [-0.3, -0.25) is 0 Å². The van der Waals surface area contributed by atoms with Crippen molar-refractivity contribution in [3.63, 3.8) is 0 Å². The molecule has 1 heterocycles. The Labute approximate surface area is 86.5 Å². The Morgan fingerprint density at radius 2 is 2.21 bits per heavy atom. The zero-order valence-electron chi connectivity index (χ0n) is 9.08. The van der Waals surface area contributed by atoms with Crippen LogP contribution in [0.15, 0.2) is 0 Å². The molecule has 0 aromatic heterocycles. The molecule has 0 radical (unpaired) electrons. The topological polar surface area (TPSA) is 35.5 Å². The van der Waals surface area contributed by atoms with Gasteiger partial charge in [-0.15, -0.1) is 0 Å². The molecule has 0 bridgehead atoms. The summed E-state index contributed by atoms with van der Waals surface area (Å²) in [6, 6.07) is 0.767. The third-order valence-corrected chi connectivity index (χ3v) is 3.58. The van der Waals surface area contributed by atoms with E-state index in [9.17, 15) is 5.11 Å². The second-order valence-electron chi connectivity index (χ2n) is 4.94. The lowest BCUT2D eigenvalue weighted by Gasteiger charge is -2.21. The molecule has 0 aromatic carbocycles. The van der Waals surface area contributed by atoms with E-state index in [4.69, 9.17) is 0 Å². The molecular formula is C11H22N2O. The molecule has 3 heteroatoms. The van der Waals surface area contributed by atoms with E-state index in [0.717, 1.165) is 19.1 Å². The lowest BCUT2D eigenvalue weighted by molar-refractivity contribution is 0.173. The quantitative estimate of drug-likeness (QED) is 0.667. The number of aliphatic hydroxyl groups is 1. The van der Waals surface area contributed by atoms with Crippen LogP contribution in [0.2, 0.25) is 0 Å². The fourth-order valence-corrected chi connectivity index (χ4v) is 2.34. The molecule has 2 unspecified atom stereocenters. The van der Waals surface area contributed by atoms with Crippen LogP contribution in [0.1, 0.15) is 19.3 Å². The number of likely N-dealkylation sites (tertiary alicyclic amines) is 1. The molecule has 82 valence electrons. The molecule has 3 nitrogen and oxygen atoms in total. The van der Waals surface area contributed by atoms with E-state index in [1.54, 1.807) is 0 Å². The third-order valence-electron chi connectivity index (χ3n) is 3.58. The number of nitrogens with zero attached hydrogens (tertiary/aromatic N) is 1. The van der Waals surface area contributed by atoms with E-state index < -0.39 is 0 Å². The smallest absolute Gasteiger partial charge is 0.0474 e. The zero-order chi connectivity index (χ0) is 9.97. The van der Waals surface area contributed by atoms with Crippen molar-refractivity contribution in [2.45, 2.75) is 25.3 Å². The Hall–Kier alpha value is -0.120. The third kappa shape index (κ3) is 2.69. The second-order valence-corrected chi connectivity index (χ2v) is 4.94. The Morgan fingerprint density at radius 3 is 2.71 bits per heavy atom. The first kappa shape index (κ1) is 10.4. The minimum absolute atomic E-state index is 0.345. The molecule has 1 saturated carbocycles. The summed E-state index contributed by atoms with van der Waals surface area (Å²) in [6.45, 7) is 3.72. The van der Waals surface area contributed by atoms with Gasteiger partial charge in [0.1, 0.15) is 0 Å². The van der Waals surface area contributed by atoms with Gasteiger partial charge in [-0.25, -0.2) is 0 Å². The van der Waals surface area contributed by atoms with Crippen LogP contribution in [0.5, 0.6) is 0 Å². The van der Waals surface area contributed by atoms with E-state index in [1.807, 2.05) is 0 Å². The summed E-state index contributed by atoms with van der Waals surface area (Å²) in [4.78, 5) is 2.37. The molecule has 2 aliphatic rings. The van der Waals surface area contributed by atoms with Gasteiger partial charge >= 0.3 is 0 Å². The molecule has 0 amide bonds. The van der Waals surface area contributed by atoms with E-state index >= 15 is 0 Å². The molecule has 1 saturated heterocycles. The van der Waals surface area contributed by atoms with Crippen molar-refractivity contribution < 1.29 is 5.11 Å². The van der Waals surface area contributed by atoms with Crippen molar-refractivity contribution in [3.8, 4) is 0 Å². The SMILES string of the molecule is CN1CCC(C(CO)CNC2CC2)C1. The van der Waals surface area contributed by atoms with Crippen LogP contribution in [-0.4, -0.2) is 49.3 Å². The van der Waals surface area contributed by atoms with Gasteiger partial charge in [-0.1, -0.05) is 0 Å². The fourth-order valence-electron chi connectivity index (χ4n) is 2.34. The predicted octanol–water partition coefficient (Wildman–Crippen LogP) is 0.299. The largest absolute Gasteiger partial charge is 0.396 e. The Bertz CT molecular complexity index is 182. The van der Waals surface area contributed by atoms with Crippen LogP contribution in [0, 0.1) is 11.8 Å². The van der Waals surface area contributed by atoms with Crippen molar-refractivity contribution in [1.82, 2.24) is 10.2 Å². The number of rotatable bonds is 5. The van der Waals surface area contributed by atoms with Crippen LogP contribution >= 0.6 is 0 Å². The van der Waals surface area contributed by atoms with Gasteiger partial charge in [0.15, 0.2) is 0 Å². The van der Waals surface area contributed by atoms with E-state index in [-0.39, 0.29) is 0 Å². The summed E-state index contributed by atoms with van der Waals surface area (Å²) < 4.78 is 0. The summed E-state index contributed by atoms with van der Waals surface area (Å²) in [5, 5.41) is 12.9. The van der Waals surface area contributed by atoms with Crippen molar-refractivity contribution in [2.75, 3.05) is 33.3 Å². The maximum atomic E-state index is 9.35. The normalized spacial score (nSPS) is 30.9. The number of aliphatic hydroxyl groups excluding tert-OH is 1. The van der Waals surface area contributed by atoms with Gasteiger partial charge in [-0.05, 0) is 44.7 Å². The zero-order valence-corrected chi connectivity index (χ0v) is 9.08. The standard InChI is InChI=1S/C11H22N2O/c1-13-5-4-9(7-13)10(8-14)6-12-11-2-3-11/h9-12,14H,2-8H2,1H3. The van der Waals surface area contributed by atoms with Crippen molar-refractivity contribution in [3.05, 3.63) is 0 Å². The molecule has 0 spiro atoms. The molecule has 14 heavy (non-hydrogen) atoms. The molecule has 2 atom stereocenters. The Kier molecular flexibility index (Phi) is 3.42. The van der Waals surface area contributed by atoms with Crippen LogP contribution in [0.3, 0.4) is 0 Å². The molecule has 2 rings (SSSR count). The predicted molar refractivity (Wildman–Crippen MR) is 57.2 cm³/mol. The monoisotopic (exact) mass is 198 g/mol. The molecule has 2 N–H and O–H groups in total. The molecule has 1 aliphatic heterocycles. The highest BCUT2D eigenvalue weighted by Gasteiger charge is 2.29. The summed E-state index contributed by atoms with van der Waals surface area (Å²) >= 11 is 0. The van der Waals surface area contributed by atoms with Gasteiger partial charge < -0.3 is 15.3 Å². The number of hydrogen-bond acceptors (Lipinski definition) is 3. The lowest BCUT2D eigenvalue weighted by atomic mass is 9.92. The molecule has 0 aromatic rings. The average molecular weight is 198 g/mol. The van der Waals surface area contributed by atoms with Crippen LogP contribution in [-0.2, 0) is 0 Å². The highest BCUT2D eigenvalue weighted by Crippen LogP contribution is 2.24. The molecule has 2 fully saturated rings. The summed E-state index contributed by atoms with van der Waals surface area (Å²) in [6.07, 6.45) is 3.93. The van der Waals surface area contributed by atoms with E-state index in [2.05, 4.69) is 17.3 Å². The van der Waals surface area contributed by atoms with Crippen LogP contribution in [0.25, 0.3) is 0 Å². The van der Waals surface area contributed by atoms with Gasteiger partial charge in [0, 0.05) is 25.7 Å². The molecular weight excluding hydrogens is 176 g/mol. The lowest BCUT2D eigenvalue weighted by Crippen LogP contribution is -2.33. The summed E-state index contributed by atoms with van der Waals surface area (Å²) in [5.41, 5.74) is 0. The van der Waals surface area contributed by atoms with Crippen molar-refractivity contribution >= 4 is 0 Å². The first-order valence-corrected chi connectivity index (χ1v) is 5.82. The van der Waals surface area contributed by atoms with E-state index in [1.165, 1.54) is 25.8 Å². The Morgan fingerprint density at radius 1 is 1.43 bits per heavy atom. The second kappa shape index (κ2) is 4.60. The minimum atomic E-state index is 0.345. The van der Waals surface area contributed by atoms with E-state index in [0.29, 0.717) is 18.4 Å². The highest BCUT2D eigenvalue weighted by atomic mass is 16.3. The summed E-state index contributed by atoms with van der Waals surface area (Å²) in [5.74, 6) is 1.18. The minimum Gasteiger partial charge on any atom is -0.396 e. The first-order chi connectivity index (χ1) is 6.79. The first-order valence-electron chi connectivity index (χ1n) is 5.82. The maximum absolute atomic E-state index is 9.35. The van der Waals surface area contributed by atoms with Gasteiger partial charge in [0.05, 0.1) is 0 Å². The van der Waals surface area contributed by atoms with Crippen LogP contribution < -0.4 is 5.32 Å². The summed E-state index contributed by atoms with van der Waals surface area (Å²) in [7, 11) is 2.17. The average Bonchev–Trinajstić information content (AvgIpc) is 2.90. The Balaban J connectivity index is 1.73. The number of hydrogen-bond donors (Lipinski definition) is 2. The van der Waals surface area contributed by atoms with Gasteiger partial charge in [0.2, 0.25) is 0 Å².